The molecule has 186 valence electrons. The maximum atomic E-state index is 12.9. The summed E-state index contributed by atoms with van der Waals surface area (Å²) in [6.45, 7) is 7.80. The molecule has 36 heavy (non-hydrogen) atoms. The van der Waals surface area contributed by atoms with Gasteiger partial charge in [-0.25, -0.2) is 9.78 Å². The number of aromatic amines is 1. The first-order chi connectivity index (χ1) is 17.2. The number of H-pyrrole nitrogens is 1. The summed E-state index contributed by atoms with van der Waals surface area (Å²) in [6, 6.07) is 20.0. The highest BCUT2D eigenvalue weighted by Gasteiger charge is 2.22. The molecule has 0 aliphatic carbocycles. The predicted octanol–water partition coefficient (Wildman–Crippen LogP) is 6.25. The molecule has 8 heteroatoms. The smallest absolute Gasteiger partial charge is 0.414 e. The van der Waals surface area contributed by atoms with Crippen LogP contribution in [0, 0.1) is 0 Å². The molecule has 4 rings (SSSR count). The molecule has 0 aliphatic rings. The van der Waals surface area contributed by atoms with Gasteiger partial charge in [-0.1, -0.05) is 0 Å². The lowest BCUT2D eigenvalue weighted by molar-refractivity contribution is 0.0582. The van der Waals surface area contributed by atoms with Crippen molar-refractivity contribution in [1.29, 1.82) is 0 Å². The van der Waals surface area contributed by atoms with Gasteiger partial charge in [-0.2, -0.15) is 0 Å². The third-order valence-electron chi connectivity index (χ3n) is 5.47. The van der Waals surface area contributed by atoms with Gasteiger partial charge in [-0.15, -0.1) is 0 Å². The second kappa shape index (κ2) is 10.1. The molecule has 4 aromatic rings. The summed E-state index contributed by atoms with van der Waals surface area (Å²) < 4.78 is 10.7. The Bertz CT molecular complexity index is 1370. The number of fused-ring (bicyclic) bond motifs is 1. The largest absolute Gasteiger partial charge is 0.497 e. The van der Waals surface area contributed by atoms with Crippen molar-refractivity contribution >= 4 is 34.4 Å². The summed E-state index contributed by atoms with van der Waals surface area (Å²) in [6.07, 6.45) is -0.427. The van der Waals surface area contributed by atoms with E-state index < -0.39 is 11.7 Å². The Hall–Kier alpha value is -4.33. The second-order valence-corrected chi connectivity index (χ2v) is 9.27. The molecule has 8 nitrogen and oxygen atoms in total. The molecule has 0 spiro atoms. The van der Waals surface area contributed by atoms with Gasteiger partial charge in [0.25, 0.3) is 5.91 Å². The quantitative estimate of drug-likeness (QED) is 0.336. The minimum absolute atomic E-state index is 0.254. The van der Waals surface area contributed by atoms with Crippen molar-refractivity contribution < 1.29 is 19.1 Å². The molecule has 0 saturated carbocycles. The van der Waals surface area contributed by atoms with Crippen LogP contribution in [0.2, 0.25) is 0 Å². The van der Waals surface area contributed by atoms with Crippen molar-refractivity contribution in [3.63, 3.8) is 0 Å². The second-order valence-electron chi connectivity index (χ2n) is 9.27. The van der Waals surface area contributed by atoms with Crippen LogP contribution in [0.25, 0.3) is 22.4 Å². The van der Waals surface area contributed by atoms with Crippen molar-refractivity contribution in [2.75, 3.05) is 23.9 Å². The first-order valence-electron chi connectivity index (χ1n) is 11.7. The number of nitrogens with one attached hydrogen (secondary N) is 2. The lowest BCUT2D eigenvalue weighted by atomic mass is 10.1. The van der Waals surface area contributed by atoms with Crippen LogP contribution in [-0.2, 0) is 4.74 Å². The Morgan fingerprint density at radius 2 is 1.69 bits per heavy atom. The number of nitrogens with zero attached hydrogens (tertiary/aromatic N) is 2. The topological polar surface area (TPSA) is 96.6 Å². The minimum Gasteiger partial charge on any atom is -0.497 e. The lowest BCUT2D eigenvalue weighted by Crippen LogP contribution is -2.36. The molecule has 2 N–H and O–H groups in total. The third kappa shape index (κ3) is 5.66. The molecular weight excluding hydrogens is 456 g/mol. The van der Waals surface area contributed by atoms with Crippen LogP contribution >= 0.6 is 0 Å². The maximum Gasteiger partial charge on any atom is 0.414 e. The Kier molecular flexibility index (Phi) is 6.96. The highest BCUT2D eigenvalue weighted by atomic mass is 16.6. The summed E-state index contributed by atoms with van der Waals surface area (Å²) in [7, 11) is 1.63. The van der Waals surface area contributed by atoms with E-state index in [-0.39, 0.29) is 5.91 Å². The highest BCUT2D eigenvalue weighted by Crippen LogP contribution is 2.25. The molecule has 1 aromatic heterocycles. The molecule has 3 aromatic carbocycles. The molecule has 0 saturated heterocycles. The van der Waals surface area contributed by atoms with Gasteiger partial charge in [0.2, 0.25) is 0 Å². The van der Waals surface area contributed by atoms with Crippen molar-refractivity contribution in [2.45, 2.75) is 33.3 Å². The fourth-order valence-corrected chi connectivity index (χ4v) is 3.70. The van der Waals surface area contributed by atoms with Crippen LogP contribution in [-0.4, -0.2) is 41.2 Å². The number of rotatable bonds is 6. The van der Waals surface area contributed by atoms with Gasteiger partial charge in [-0.05, 0) is 94.4 Å². The zero-order valence-electron chi connectivity index (χ0n) is 21.1. The van der Waals surface area contributed by atoms with Gasteiger partial charge < -0.3 is 19.8 Å². The summed E-state index contributed by atoms with van der Waals surface area (Å²) in [5.41, 5.74) is 3.73. The van der Waals surface area contributed by atoms with Gasteiger partial charge in [0.1, 0.15) is 17.2 Å². The van der Waals surface area contributed by atoms with Crippen LogP contribution in [0.4, 0.5) is 16.2 Å². The van der Waals surface area contributed by atoms with E-state index in [0.29, 0.717) is 23.5 Å². The van der Waals surface area contributed by atoms with Crippen LogP contribution < -0.4 is 15.0 Å². The van der Waals surface area contributed by atoms with Crippen molar-refractivity contribution in [3.05, 3.63) is 72.3 Å². The molecule has 0 radical (unpaired) electrons. The maximum absolute atomic E-state index is 12.9. The number of amides is 2. The number of hydrogen-bond acceptors (Lipinski definition) is 5. The molecule has 1 heterocycles. The monoisotopic (exact) mass is 486 g/mol. The summed E-state index contributed by atoms with van der Waals surface area (Å²) >= 11 is 0. The van der Waals surface area contributed by atoms with Gasteiger partial charge in [-0.3, -0.25) is 9.69 Å². The number of benzene rings is 3. The highest BCUT2D eigenvalue weighted by molar-refractivity contribution is 6.05. The van der Waals surface area contributed by atoms with Crippen LogP contribution in [0.5, 0.6) is 5.75 Å². The molecule has 0 bridgehead atoms. The van der Waals surface area contributed by atoms with E-state index in [9.17, 15) is 9.59 Å². The molecule has 0 fully saturated rings. The Morgan fingerprint density at radius 1 is 1.00 bits per heavy atom. The number of aromatic nitrogens is 2. The summed E-state index contributed by atoms with van der Waals surface area (Å²) in [4.78, 5) is 34.8. The number of ether oxygens (including phenoxy) is 2. The normalized spacial score (nSPS) is 11.2. The molecule has 2 amide bonds. The number of anilines is 2. The van der Waals surface area contributed by atoms with Crippen LogP contribution in [0.3, 0.4) is 0 Å². The van der Waals surface area contributed by atoms with E-state index in [2.05, 4.69) is 15.3 Å². The predicted molar refractivity (Wildman–Crippen MR) is 142 cm³/mol. The van der Waals surface area contributed by atoms with Gasteiger partial charge in [0.15, 0.2) is 0 Å². The van der Waals surface area contributed by atoms with E-state index in [1.165, 1.54) is 4.90 Å². The zero-order valence-corrected chi connectivity index (χ0v) is 21.1. The number of carbonyl (C=O) groups is 2. The molecule has 0 atom stereocenters. The number of hydrogen-bond donors (Lipinski definition) is 2. The average Bonchev–Trinajstić information content (AvgIpc) is 3.27. The summed E-state index contributed by atoms with van der Waals surface area (Å²) in [5.74, 6) is 1.26. The van der Waals surface area contributed by atoms with Crippen molar-refractivity contribution in [3.8, 4) is 17.1 Å². The SMILES string of the molecule is CCN(C(=O)OC(C)(C)C)c1ccc(C(=O)Nc2ccc3nc(-c4ccc(OC)cc4)[nH]c3c2)cc1. The van der Waals surface area contributed by atoms with Gasteiger partial charge in [0.05, 0.1) is 18.1 Å². The number of carbonyl (C=O) groups excluding carboxylic acids is 2. The lowest BCUT2D eigenvalue weighted by Gasteiger charge is -2.26. The Morgan fingerprint density at radius 3 is 2.31 bits per heavy atom. The van der Waals surface area contributed by atoms with E-state index in [1.807, 2.05) is 70.2 Å². The zero-order chi connectivity index (χ0) is 25.9. The standard InChI is InChI=1S/C28H30N4O4/c1-6-32(27(34)36-28(2,3)4)21-12-7-19(8-13-21)26(33)29-20-11-16-23-24(17-20)31-25(30-23)18-9-14-22(35-5)15-10-18/h7-17H,6H2,1-5H3,(H,29,33)(H,30,31). The Labute approximate surface area is 210 Å². The summed E-state index contributed by atoms with van der Waals surface area (Å²) in [5, 5.41) is 2.92. The van der Waals surface area contributed by atoms with Crippen LogP contribution in [0.15, 0.2) is 66.7 Å². The van der Waals surface area contributed by atoms with Crippen molar-refractivity contribution in [1.82, 2.24) is 9.97 Å². The van der Waals surface area contributed by atoms with E-state index in [4.69, 9.17) is 9.47 Å². The van der Waals surface area contributed by atoms with E-state index in [1.54, 1.807) is 31.4 Å². The fraction of sp³-hybridized carbons (Fsp3) is 0.250. The first-order valence-corrected chi connectivity index (χ1v) is 11.7. The van der Waals surface area contributed by atoms with E-state index >= 15 is 0 Å². The Balaban J connectivity index is 1.47. The fourth-order valence-electron chi connectivity index (χ4n) is 3.70. The van der Waals surface area contributed by atoms with Crippen molar-refractivity contribution in [2.24, 2.45) is 0 Å². The number of methoxy groups -OCH3 is 1. The average molecular weight is 487 g/mol. The first kappa shape index (κ1) is 24.8. The van der Waals surface area contributed by atoms with Gasteiger partial charge in [0, 0.05) is 29.0 Å². The van der Waals surface area contributed by atoms with E-state index in [0.717, 1.165) is 28.2 Å². The minimum atomic E-state index is -0.588. The molecule has 0 aliphatic heterocycles. The third-order valence-corrected chi connectivity index (χ3v) is 5.47. The van der Waals surface area contributed by atoms with Gasteiger partial charge >= 0.3 is 6.09 Å². The van der Waals surface area contributed by atoms with Crippen LogP contribution in [0.1, 0.15) is 38.1 Å². The molecule has 0 unspecified atom stereocenters. The molecular formula is C28H30N4O4. The number of imidazole rings is 1.